The zero-order chi connectivity index (χ0) is 23.8. The normalized spacial score (nSPS) is 33.4. The molecule has 1 saturated heterocycles. The number of halogens is 1. The predicted molar refractivity (Wildman–Crippen MR) is 123 cm³/mol. The molecule has 1 saturated carbocycles. The van der Waals surface area contributed by atoms with Crippen LogP contribution in [0.4, 0.5) is 0 Å². The molecule has 7 nitrogen and oxygen atoms in total. The highest BCUT2D eigenvalue weighted by Gasteiger charge is 2.81. The van der Waals surface area contributed by atoms with E-state index in [-0.39, 0.29) is 41.3 Å². The largest absolute Gasteiger partial charge is 0.507 e. The summed E-state index contributed by atoms with van der Waals surface area (Å²) < 4.78 is 23.8. The Labute approximate surface area is 200 Å². The lowest BCUT2D eigenvalue weighted by Crippen LogP contribution is -2.72. The Bertz CT molecular complexity index is 1120. The second-order valence-electron chi connectivity index (χ2n) is 9.79. The van der Waals surface area contributed by atoms with E-state index in [4.69, 9.17) is 18.9 Å². The second-order valence-corrected chi connectivity index (χ2v) is 10.4. The Morgan fingerprint density at radius 3 is 2.79 bits per heavy atom. The van der Waals surface area contributed by atoms with Crippen LogP contribution in [0.15, 0.2) is 35.4 Å². The van der Waals surface area contributed by atoms with Gasteiger partial charge in [0.2, 0.25) is 0 Å². The summed E-state index contributed by atoms with van der Waals surface area (Å²) in [6.45, 7) is 5.87. The van der Waals surface area contributed by atoms with Crippen molar-refractivity contribution in [1.82, 2.24) is 0 Å². The molecule has 3 aliphatic carbocycles. The number of phenols is 1. The van der Waals surface area contributed by atoms with Gasteiger partial charge < -0.3 is 24.1 Å². The number of alkyl halides is 1. The minimum absolute atomic E-state index is 0.0258. The van der Waals surface area contributed by atoms with Crippen molar-refractivity contribution in [2.45, 2.75) is 50.4 Å². The first-order chi connectivity index (χ1) is 15.6. The number of phenolic OH excluding ortho intramolecular Hbond substituents is 1. The van der Waals surface area contributed by atoms with Crippen molar-refractivity contribution in [3.05, 3.63) is 41.0 Å². The van der Waals surface area contributed by atoms with Gasteiger partial charge in [0.25, 0.3) is 0 Å². The first kappa shape index (κ1) is 22.6. The van der Waals surface area contributed by atoms with Crippen LogP contribution in [0.25, 0.3) is 0 Å². The molecule has 5 aliphatic rings. The third-order valence-electron chi connectivity index (χ3n) is 7.45. The summed E-state index contributed by atoms with van der Waals surface area (Å²) in [7, 11) is 1.49. The average molecular weight is 519 g/mol. The molecule has 33 heavy (non-hydrogen) atoms. The molecule has 1 spiro atoms. The molecule has 4 bridgehead atoms. The number of carbonyl (C=O) groups is 2. The van der Waals surface area contributed by atoms with Gasteiger partial charge in [-0.1, -0.05) is 33.7 Å². The van der Waals surface area contributed by atoms with E-state index in [1.54, 1.807) is 12.1 Å². The van der Waals surface area contributed by atoms with Crippen LogP contribution in [0.2, 0.25) is 0 Å². The van der Waals surface area contributed by atoms with E-state index >= 15 is 0 Å². The number of ketones is 2. The maximum Gasteiger partial charge on any atom is 0.200 e. The van der Waals surface area contributed by atoms with Gasteiger partial charge in [-0.3, -0.25) is 9.59 Å². The standard InChI is InChI=1S/C25H27BrO7/c1-13(11-26)5-6-24-22(29)14-7-16-21(28)20-17(27)9-15(31-12-30-4)10-18(20)32-25(16,24)19(8-14)23(2,3)33-24/h5,7,9-10,14,19,27H,6,8,11-12H2,1-4H3/b13-5+. The van der Waals surface area contributed by atoms with Crippen LogP contribution in [-0.4, -0.2) is 52.7 Å². The van der Waals surface area contributed by atoms with Gasteiger partial charge in [0.05, 0.1) is 5.60 Å². The number of allylic oxidation sites excluding steroid dienone is 2. The molecule has 176 valence electrons. The fourth-order valence-corrected chi connectivity index (χ4v) is 6.34. The zero-order valence-electron chi connectivity index (χ0n) is 19.1. The first-order valence-corrected chi connectivity index (χ1v) is 12.1. The number of methoxy groups -OCH3 is 1. The third kappa shape index (κ3) is 2.87. The Kier molecular flexibility index (Phi) is 5.09. The monoisotopic (exact) mass is 518 g/mol. The summed E-state index contributed by atoms with van der Waals surface area (Å²) in [4.78, 5) is 27.6. The SMILES string of the molecule is COCOc1cc(O)c2c(c1)OC13C(=CC4CC1C(C)(C)OC3(C/C=C(\C)CBr)C4=O)C2=O. The summed E-state index contributed by atoms with van der Waals surface area (Å²) in [6.07, 6.45) is 4.57. The summed E-state index contributed by atoms with van der Waals surface area (Å²) in [5.41, 5.74) is -1.75. The van der Waals surface area contributed by atoms with Crippen molar-refractivity contribution < 1.29 is 33.6 Å². The number of hydrogen-bond acceptors (Lipinski definition) is 7. The molecule has 2 fully saturated rings. The third-order valence-corrected chi connectivity index (χ3v) is 8.33. The Hall–Kier alpha value is -2.16. The quantitative estimate of drug-likeness (QED) is 0.344. The molecule has 2 aliphatic heterocycles. The number of rotatable bonds is 6. The lowest BCUT2D eigenvalue weighted by Gasteiger charge is -2.56. The minimum Gasteiger partial charge on any atom is -0.507 e. The molecule has 6 rings (SSSR count). The van der Waals surface area contributed by atoms with E-state index in [9.17, 15) is 14.7 Å². The number of aromatic hydroxyl groups is 1. The van der Waals surface area contributed by atoms with Crippen LogP contribution in [-0.2, 0) is 14.3 Å². The van der Waals surface area contributed by atoms with Gasteiger partial charge in [-0.15, -0.1) is 0 Å². The van der Waals surface area contributed by atoms with Gasteiger partial charge in [0, 0.05) is 48.4 Å². The number of fused-ring (bicyclic) bond motifs is 1. The smallest absolute Gasteiger partial charge is 0.200 e. The highest BCUT2D eigenvalue weighted by molar-refractivity contribution is 9.09. The molecule has 1 aromatic carbocycles. The Balaban J connectivity index is 1.73. The molecule has 4 atom stereocenters. The number of carbonyl (C=O) groups excluding carboxylic acids is 2. The second kappa shape index (κ2) is 7.42. The highest BCUT2D eigenvalue weighted by atomic mass is 79.9. The molecule has 0 radical (unpaired) electrons. The van der Waals surface area contributed by atoms with Crippen molar-refractivity contribution in [3.63, 3.8) is 0 Å². The van der Waals surface area contributed by atoms with Crippen molar-refractivity contribution in [1.29, 1.82) is 0 Å². The first-order valence-electron chi connectivity index (χ1n) is 11.0. The molecular formula is C25H27BrO7. The van der Waals surface area contributed by atoms with E-state index in [0.29, 0.717) is 29.5 Å². The Morgan fingerprint density at radius 2 is 2.09 bits per heavy atom. The molecule has 2 heterocycles. The van der Waals surface area contributed by atoms with Crippen molar-refractivity contribution in [3.8, 4) is 17.2 Å². The summed E-state index contributed by atoms with van der Waals surface area (Å²) in [5.74, 6) is -0.769. The van der Waals surface area contributed by atoms with Crippen molar-refractivity contribution in [2.24, 2.45) is 11.8 Å². The zero-order valence-corrected chi connectivity index (χ0v) is 20.7. The molecule has 4 unspecified atom stereocenters. The van der Waals surface area contributed by atoms with Crippen molar-refractivity contribution >= 4 is 27.5 Å². The van der Waals surface area contributed by atoms with Crippen LogP contribution in [0.5, 0.6) is 17.2 Å². The van der Waals surface area contributed by atoms with Crippen LogP contribution in [0.3, 0.4) is 0 Å². The van der Waals surface area contributed by atoms with E-state index in [1.807, 2.05) is 26.8 Å². The maximum absolute atomic E-state index is 13.8. The van der Waals surface area contributed by atoms with Gasteiger partial charge >= 0.3 is 0 Å². The fourth-order valence-electron chi connectivity index (χ4n) is 6.11. The van der Waals surface area contributed by atoms with Crippen LogP contribution >= 0.6 is 15.9 Å². The van der Waals surface area contributed by atoms with Crippen LogP contribution < -0.4 is 9.47 Å². The van der Waals surface area contributed by atoms with Crippen LogP contribution in [0, 0.1) is 11.8 Å². The summed E-state index contributed by atoms with van der Waals surface area (Å²) >= 11 is 3.46. The number of ether oxygens (including phenoxy) is 4. The van der Waals surface area contributed by atoms with E-state index in [2.05, 4.69) is 15.9 Å². The lowest BCUT2D eigenvalue weighted by atomic mass is 9.51. The van der Waals surface area contributed by atoms with E-state index in [1.165, 1.54) is 13.2 Å². The molecule has 8 heteroatoms. The Morgan fingerprint density at radius 1 is 1.33 bits per heavy atom. The van der Waals surface area contributed by atoms with Gasteiger partial charge in [-0.05, 0) is 27.2 Å². The number of Topliss-reactive ketones (excluding diaryl/α,β-unsaturated/α-hetero) is 2. The lowest BCUT2D eigenvalue weighted by molar-refractivity contribution is -0.171. The molecule has 1 N–H and O–H groups in total. The minimum atomic E-state index is -1.33. The summed E-state index contributed by atoms with van der Waals surface area (Å²) in [6, 6.07) is 2.94. The highest BCUT2D eigenvalue weighted by Crippen LogP contribution is 2.67. The predicted octanol–water partition coefficient (Wildman–Crippen LogP) is 4.11. The maximum atomic E-state index is 13.8. The van der Waals surface area contributed by atoms with E-state index < -0.39 is 22.7 Å². The molecule has 1 aromatic rings. The fraction of sp³-hybridized carbons (Fsp3) is 0.520. The van der Waals surface area contributed by atoms with Gasteiger partial charge in [-0.25, -0.2) is 0 Å². The number of hydrogen-bond donors (Lipinski definition) is 1. The van der Waals surface area contributed by atoms with E-state index in [0.717, 1.165) is 5.57 Å². The summed E-state index contributed by atoms with van der Waals surface area (Å²) in [5, 5.41) is 11.3. The number of benzene rings is 1. The molecule has 0 amide bonds. The average Bonchev–Trinajstić information content (AvgIpc) is 2.92. The topological polar surface area (TPSA) is 91.3 Å². The molecular weight excluding hydrogens is 492 g/mol. The van der Waals surface area contributed by atoms with Crippen LogP contribution in [0.1, 0.15) is 44.0 Å². The van der Waals surface area contributed by atoms with Crippen molar-refractivity contribution in [2.75, 3.05) is 19.2 Å². The molecule has 0 aromatic heterocycles. The van der Waals surface area contributed by atoms with Gasteiger partial charge in [0.15, 0.2) is 29.6 Å². The van der Waals surface area contributed by atoms with Gasteiger partial charge in [0.1, 0.15) is 22.8 Å². The van der Waals surface area contributed by atoms with Gasteiger partial charge in [-0.2, -0.15) is 0 Å².